The van der Waals surface area contributed by atoms with Gasteiger partial charge in [-0.1, -0.05) is 37.3 Å². The van der Waals surface area contributed by atoms with Crippen LogP contribution in [0.4, 0.5) is 0 Å². The van der Waals surface area contributed by atoms with E-state index in [0.29, 0.717) is 0 Å². The molecular formula is C21H23N2O2-. The van der Waals surface area contributed by atoms with Gasteiger partial charge in [0.1, 0.15) is 0 Å². The summed E-state index contributed by atoms with van der Waals surface area (Å²) in [7, 11) is 0. The van der Waals surface area contributed by atoms with Gasteiger partial charge >= 0.3 is 0 Å². The van der Waals surface area contributed by atoms with Gasteiger partial charge in [0.25, 0.3) is 0 Å². The van der Waals surface area contributed by atoms with Crippen molar-refractivity contribution in [3.05, 3.63) is 70.9 Å². The summed E-state index contributed by atoms with van der Waals surface area (Å²) in [6.07, 6.45) is 0.986. The van der Waals surface area contributed by atoms with Gasteiger partial charge in [-0.05, 0) is 42.7 Å². The molecule has 0 amide bonds. The fraction of sp³-hybridized carbons (Fsp3) is 0.286. The maximum atomic E-state index is 11.6. The van der Waals surface area contributed by atoms with Crippen LogP contribution in [0.2, 0.25) is 0 Å². The lowest BCUT2D eigenvalue weighted by Crippen LogP contribution is -2.30. The Hall–Kier alpha value is -2.43. The Labute approximate surface area is 147 Å². The number of nitrogens with one attached hydrogen (secondary N) is 2. The number of benzene rings is 2. The van der Waals surface area contributed by atoms with E-state index in [1.807, 2.05) is 24.3 Å². The van der Waals surface area contributed by atoms with Crippen LogP contribution in [0.25, 0.3) is 10.9 Å². The minimum absolute atomic E-state index is 0. The molecule has 0 aliphatic carbocycles. The first-order chi connectivity index (χ1) is 12.2. The molecule has 0 saturated carbocycles. The van der Waals surface area contributed by atoms with Gasteiger partial charge in [0.05, 0.1) is 6.04 Å². The third-order valence-electron chi connectivity index (χ3n) is 4.49. The summed E-state index contributed by atoms with van der Waals surface area (Å²) in [6.45, 7) is 4.14. The molecule has 4 rings (SSSR count). The van der Waals surface area contributed by atoms with Gasteiger partial charge in [-0.15, -0.1) is 6.61 Å². The van der Waals surface area contributed by atoms with Crippen LogP contribution in [0.5, 0.6) is 0 Å². The Morgan fingerprint density at radius 3 is 2.60 bits per heavy atom. The highest BCUT2D eigenvalue weighted by molar-refractivity contribution is 5.99. The summed E-state index contributed by atoms with van der Waals surface area (Å²) < 4.78 is 0. The third kappa shape index (κ3) is 3.50. The minimum atomic E-state index is 0. The average molecular weight is 335 g/mol. The number of Topliss-reactive ketones (excluding diaryl/α,β-unsaturated/α-hetero) is 1. The van der Waals surface area contributed by atoms with Gasteiger partial charge in [-0.3, -0.25) is 4.79 Å². The maximum absolute atomic E-state index is 11.6. The molecule has 0 saturated heterocycles. The number of hydrogen-bond acceptors (Lipinski definition) is 3. The zero-order chi connectivity index (χ0) is 17.8. The first kappa shape index (κ1) is 17.4. The van der Waals surface area contributed by atoms with Crippen molar-refractivity contribution < 1.29 is 9.90 Å². The van der Waals surface area contributed by atoms with E-state index in [1.54, 1.807) is 13.8 Å². The van der Waals surface area contributed by atoms with E-state index >= 15 is 0 Å². The monoisotopic (exact) mass is 335 g/mol. The van der Waals surface area contributed by atoms with Crippen molar-refractivity contribution in [3.63, 3.8) is 0 Å². The van der Waals surface area contributed by atoms with Gasteiger partial charge in [-0.2, -0.15) is 0 Å². The van der Waals surface area contributed by atoms with Crippen molar-refractivity contribution in [3.8, 4) is 0 Å². The van der Waals surface area contributed by atoms with Crippen LogP contribution in [0, 0.1) is 0 Å². The highest BCUT2D eigenvalue weighted by Gasteiger charge is 2.25. The molecule has 0 spiro atoms. The molecule has 130 valence electrons. The number of carbonyl (C=O) groups is 1. The van der Waals surface area contributed by atoms with Crippen LogP contribution >= 0.6 is 0 Å². The number of H-pyrrole nitrogens is 1. The van der Waals surface area contributed by atoms with Gasteiger partial charge in [-0.25, -0.2) is 0 Å². The van der Waals surface area contributed by atoms with Crippen LogP contribution in [0.15, 0.2) is 48.5 Å². The second kappa shape index (κ2) is 7.64. The maximum Gasteiger partial charge on any atom is 0.159 e. The molecule has 0 radical (unpaired) electrons. The van der Waals surface area contributed by atoms with Crippen LogP contribution in [0.1, 0.15) is 47.1 Å². The van der Waals surface area contributed by atoms with Crippen LogP contribution < -0.4 is 10.4 Å². The van der Waals surface area contributed by atoms with E-state index in [0.717, 1.165) is 24.0 Å². The molecule has 1 atom stereocenters. The first-order valence-corrected chi connectivity index (χ1v) is 8.67. The second-order valence-corrected chi connectivity index (χ2v) is 6.17. The first-order valence-electron chi connectivity index (χ1n) is 8.67. The molecule has 1 unspecified atom stereocenters. The second-order valence-electron chi connectivity index (χ2n) is 6.17. The molecule has 25 heavy (non-hydrogen) atoms. The molecule has 4 heteroatoms. The standard InChI is InChI=1S/C19H18N2O.C2H5O/c1-12(22)14-7-8-17-16(11-14)15-9-10-20-18(19(15)21-17)13-5-3-2-4-6-13;1-2-3/h2-8,11,18,20-21H,9-10H2,1H3;2H2,1H3/q;-1. The summed E-state index contributed by atoms with van der Waals surface area (Å²) in [4.78, 5) is 15.2. The summed E-state index contributed by atoms with van der Waals surface area (Å²) in [5.74, 6) is 0.116. The predicted molar refractivity (Wildman–Crippen MR) is 98.8 cm³/mol. The normalized spacial score (nSPS) is 16.0. The van der Waals surface area contributed by atoms with E-state index in [9.17, 15) is 4.79 Å². The lowest BCUT2D eigenvalue weighted by Gasteiger charge is -2.24. The Balaban J connectivity index is 0.000000569. The molecule has 1 aromatic heterocycles. The molecule has 2 heterocycles. The van der Waals surface area contributed by atoms with Gasteiger partial charge in [0.15, 0.2) is 5.78 Å². The van der Waals surface area contributed by atoms with E-state index in [2.05, 4.69) is 34.6 Å². The fourth-order valence-electron chi connectivity index (χ4n) is 3.38. The van der Waals surface area contributed by atoms with Crippen molar-refractivity contribution in [2.45, 2.75) is 26.3 Å². The number of rotatable bonds is 2. The molecule has 2 aromatic carbocycles. The highest BCUT2D eigenvalue weighted by Crippen LogP contribution is 2.33. The Morgan fingerprint density at radius 1 is 1.20 bits per heavy atom. The fourth-order valence-corrected chi connectivity index (χ4v) is 3.38. The topological polar surface area (TPSA) is 68.0 Å². The molecule has 4 nitrogen and oxygen atoms in total. The smallest absolute Gasteiger partial charge is 0.159 e. The highest BCUT2D eigenvalue weighted by atomic mass is 16.2. The van der Waals surface area contributed by atoms with Crippen molar-refractivity contribution >= 4 is 16.7 Å². The zero-order valence-corrected chi connectivity index (χ0v) is 14.6. The molecule has 1 aliphatic heterocycles. The summed E-state index contributed by atoms with van der Waals surface area (Å²) >= 11 is 0. The summed E-state index contributed by atoms with van der Waals surface area (Å²) in [6, 6.07) is 16.6. The summed E-state index contributed by atoms with van der Waals surface area (Å²) in [5, 5.41) is 13.7. The van der Waals surface area contributed by atoms with E-state index in [-0.39, 0.29) is 18.4 Å². The lowest BCUT2D eigenvalue weighted by molar-refractivity contribution is -0.361. The van der Waals surface area contributed by atoms with Crippen molar-refractivity contribution in [2.24, 2.45) is 0 Å². The quantitative estimate of drug-likeness (QED) is 0.708. The number of aromatic amines is 1. The number of fused-ring (bicyclic) bond motifs is 3. The molecule has 2 N–H and O–H groups in total. The Kier molecular flexibility index (Phi) is 5.31. The van der Waals surface area contributed by atoms with Gasteiger partial charge in [0, 0.05) is 28.7 Å². The lowest BCUT2D eigenvalue weighted by atomic mass is 9.94. The van der Waals surface area contributed by atoms with E-state index in [1.165, 1.54) is 22.2 Å². The van der Waals surface area contributed by atoms with Crippen molar-refractivity contribution in [1.82, 2.24) is 10.3 Å². The largest absolute Gasteiger partial charge is 0.855 e. The molecule has 0 bridgehead atoms. The molecule has 3 aromatic rings. The van der Waals surface area contributed by atoms with Gasteiger partial charge in [0.2, 0.25) is 0 Å². The average Bonchev–Trinajstić information content (AvgIpc) is 3.01. The Morgan fingerprint density at radius 2 is 1.92 bits per heavy atom. The predicted octanol–water partition coefficient (Wildman–Crippen LogP) is 2.97. The van der Waals surface area contributed by atoms with Crippen molar-refractivity contribution in [1.29, 1.82) is 0 Å². The molecule has 0 fully saturated rings. The number of carbonyl (C=O) groups excluding carboxylic acids is 1. The third-order valence-corrected chi connectivity index (χ3v) is 4.49. The van der Waals surface area contributed by atoms with E-state index < -0.39 is 0 Å². The van der Waals surface area contributed by atoms with Crippen LogP contribution in [0.3, 0.4) is 0 Å². The van der Waals surface area contributed by atoms with Crippen LogP contribution in [-0.2, 0) is 6.42 Å². The Bertz CT molecular complexity index is 868. The van der Waals surface area contributed by atoms with E-state index in [4.69, 9.17) is 5.11 Å². The molecule has 1 aliphatic rings. The van der Waals surface area contributed by atoms with Crippen molar-refractivity contribution in [2.75, 3.05) is 13.2 Å². The number of hydrogen-bond donors (Lipinski definition) is 2. The summed E-state index contributed by atoms with van der Waals surface area (Å²) in [5.41, 5.74) is 5.73. The number of aromatic nitrogens is 1. The molecular weight excluding hydrogens is 312 g/mol. The number of ketones is 1. The minimum Gasteiger partial charge on any atom is -0.855 e. The SMILES string of the molecule is CC(=O)c1ccc2[nH]c3c(c2c1)CCNC3c1ccccc1.CC[O-]. The van der Waals surface area contributed by atoms with Crippen LogP contribution in [-0.4, -0.2) is 23.9 Å². The zero-order valence-electron chi connectivity index (χ0n) is 14.6. The van der Waals surface area contributed by atoms with Gasteiger partial charge < -0.3 is 15.4 Å².